The Balaban J connectivity index is 3.05. The molecule has 18 heavy (non-hydrogen) atoms. The molecule has 0 saturated carbocycles. The van der Waals surface area contributed by atoms with E-state index in [1.807, 2.05) is 6.92 Å². The largest absolute Gasteiger partial charge is 0.384 e. The van der Waals surface area contributed by atoms with Crippen LogP contribution in [0.2, 0.25) is 0 Å². The van der Waals surface area contributed by atoms with Crippen LogP contribution in [0.4, 0.5) is 0 Å². The number of β-amino-alcohol motifs (C(OH)–C–C–N with tert-alkyl or cyclic N) is 1. The molecule has 0 saturated heterocycles. The first-order valence-electron chi connectivity index (χ1n) is 6.59. The lowest BCUT2D eigenvalue weighted by atomic mass is 9.86. The van der Waals surface area contributed by atoms with Crippen LogP contribution in [0.5, 0.6) is 0 Å². The van der Waals surface area contributed by atoms with E-state index in [1.54, 1.807) is 0 Å². The van der Waals surface area contributed by atoms with Crippen LogP contribution in [0.25, 0.3) is 0 Å². The Bertz CT molecular complexity index is 404. The van der Waals surface area contributed by atoms with E-state index in [-0.39, 0.29) is 5.54 Å². The summed E-state index contributed by atoms with van der Waals surface area (Å²) in [5.74, 6) is 0. The second kappa shape index (κ2) is 5.02. The highest BCUT2D eigenvalue weighted by Crippen LogP contribution is 2.28. The van der Waals surface area contributed by atoms with Crippen molar-refractivity contribution in [3.63, 3.8) is 0 Å². The minimum Gasteiger partial charge on any atom is -0.384 e. The van der Waals surface area contributed by atoms with E-state index in [1.165, 1.54) is 5.56 Å². The molecule has 1 aromatic carbocycles. The van der Waals surface area contributed by atoms with Crippen LogP contribution < -0.4 is 5.32 Å². The first-order chi connectivity index (χ1) is 8.03. The SMILES string of the molecule is Cc1cc(C)c(C(C)(O)CNC(C)(C)C)c(C)c1. The predicted molar refractivity (Wildman–Crippen MR) is 78.0 cm³/mol. The molecule has 2 nitrogen and oxygen atoms in total. The van der Waals surface area contributed by atoms with Gasteiger partial charge in [0.2, 0.25) is 0 Å². The Hall–Kier alpha value is -0.860. The fraction of sp³-hybridized carbons (Fsp3) is 0.625. The van der Waals surface area contributed by atoms with Gasteiger partial charge in [-0.3, -0.25) is 0 Å². The van der Waals surface area contributed by atoms with Crippen molar-refractivity contribution in [1.82, 2.24) is 5.32 Å². The van der Waals surface area contributed by atoms with Crippen molar-refractivity contribution in [3.8, 4) is 0 Å². The van der Waals surface area contributed by atoms with Gasteiger partial charge in [-0.2, -0.15) is 0 Å². The van der Waals surface area contributed by atoms with Gasteiger partial charge in [-0.1, -0.05) is 17.7 Å². The standard InChI is InChI=1S/C16H27NO/c1-11-8-12(2)14(13(3)9-11)16(7,18)10-17-15(4,5)6/h8-9,17-18H,10H2,1-7H3. The Morgan fingerprint density at radius 1 is 1.00 bits per heavy atom. The normalized spacial score (nSPS) is 15.6. The summed E-state index contributed by atoms with van der Waals surface area (Å²) in [6, 6.07) is 4.27. The summed E-state index contributed by atoms with van der Waals surface area (Å²) in [6.07, 6.45) is 0. The molecular formula is C16H27NO. The number of aliphatic hydroxyl groups is 1. The molecule has 1 unspecified atom stereocenters. The van der Waals surface area contributed by atoms with Crippen LogP contribution in [-0.4, -0.2) is 17.2 Å². The summed E-state index contributed by atoms with van der Waals surface area (Å²) >= 11 is 0. The molecule has 0 bridgehead atoms. The zero-order valence-electron chi connectivity index (χ0n) is 12.8. The van der Waals surface area contributed by atoms with Gasteiger partial charge in [-0.05, 0) is 65.2 Å². The van der Waals surface area contributed by atoms with Crippen molar-refractivity contribution < 1.29 is 5.11 Å². The van der Waals surface area contributed by atoms with Crippen LogP contribution >= 0.6 is 0 Å². The number of rotatable bonds is 3. The lowest BCUT2D eigenvalue weighted by Gasteiger charge is -2.32. The molecule has 102 valence electrons. The molecule has 1 atom stereocenters. The Labute approximate surface area is 111 Å². The van der Waals surface area contributed by atoms with Gasteiger partial charge in [0.25, 0.3) is 0 Å². The maximum absolute atomic E-state index is 10.7. The van der Waals surface area contributed by atoms with Crippen LogP contribution in [0.1, 0.15) is 49.9 Å². The van der Waals surface area contributed by atoms with Crippen molar-refractivity contribution >= 4 is 0 Å². The van der Waals surface area contributed by atoms with Gasteiger partial charge in [0.1, 0.15) is 0 Å². The van der Waals surface area contributed by atoms with Crippen LogP contribution in [0.15, 0.2) is 12.1 Å². The highest BCUT2D eigenvalue weighted by Gasteiger charge is 2.28. The molecule has 0 radical (unpaired) electrons. The summed E-state index contributed by atoms with van der Waals surface area (Å²) in [7, 11) is 0. The first kappa shape index (κ1) is 15.2. The Kier molecular flexibility index (Phi) is 4.24. The van der Waals surface area contributed by atoms with E-state index < -0.39 is 5.60 Å². The Morgan fingerprint density at radius 2 is 1.44 bits per heavy atom. The van der Waals surface area contributed by atoms with Gasteiger partial charge in [-0.15, -0.1) is 0 Å². The highest BCUT2D eigenvalue weighted by molar-refractivity contribution is 5.41. The predicted octanol–water partition coefficient (Wildman–Crippen LogP) is 3.21. The topological polar surface area (TPSA) is 32.3 Å². The van der Waals surface area contributed by atoms with Crippen LogP contribution in [0.3, 0.4) is 0 Å². The van der Waals surface area contributed by atoms with Crippen molar-refractivity contribution in [1.29, 1.82) is 0 Å². The monoisotopic (exact) mass is 249 g/mol. The average molecular weight is 249 g/mol. The number of nitrogens with one attached hydrogen (secondary N) is 1. The zero-order chi connectivity index (χ0) is 14.1. The van der Waals surface area contributed by atoms with E-state index in [0.717, 1.165) is 16.7 Å². The van der Waals surface area contributed by atoms with Gasteiger partial charge in [0, 0.05) is 12.1 Å². The lowest BCUT2D eigenvalue weighted by molar-refractivity contribution is 0.0489. The van der Waals surface area contributed by atoms with Gasteiger partial charge >= 0.3 is 0 Å². The van der Waals surface area contributed by atoms with E-state index in [9.17, 15) is 5.11 Å². The maximum Gasteiger partial charge on any atom is 0.0997 e. The third-order valence-electron chi connectivity index (χ3n) is 3.18. The van der Waals surface area contributed by atoms with E-state index >= 15 is 0 Å². The zero-order valence-corrected chi connectivity index (χ0v) is 12.8. The van der Waals surface area contributed by atoms with Crippen LogP contribution in [-0.2, 0) is 5.60 Å². The van der Waals surface area contributed by atoms with E-state index in [0.29, 0.717) is 6.54 Å². The van der Waals surface area contributed by atoms with Crippen molar-refractivity contribution in [2.24, 2.45) is 0 Å². The molecule has 1 rings (SSSR count). The molecule has 0 aliphatic rings. The summed E-state index contributed by atoms with van der Waals surface area (Å²) in [6.45, 7) is 15.0. The van der Waals surface area contributed by atoms with Gasteiger partial charge < -0.3 is 10.4 Å². The molecule has 0 heterocycles. The van der Waals surface area contributed by atoms with Crippen molar-refractivity contribution in [2.45, 2.75) is 59.6 Å². The lowest BCUT2D eigenvalue weighted by Crippen LogP contribution is -2.45. The molecule has 0 aliphatic heterocycles. The quantitative estimate of drug-likeness (QED) is 0.862. The molecule has 0 amide bonds. The smallest absolute Gasteiger partial charge is 0.0997 e. The second-order valence-electron chi connectivity index (χ2n) is 6.65. The van der Waals surface area contributed by atoms with Gasteiger partial charge in [0.05, 0.1) is 5.60 Å². The fourth-order valence-corrected chi connectivity index (χ4v) is 2.56. The minimum atomic E-state index is -0.838. The van der Waals surface area contributed by atoms with E-state index in [4.69, 9.17) is 0 Å². The summed E-state index contributed by atoms with van der Waals surface area (Å²) < 4.78 is 0. The van der Waals surface area contributed by atoms with Crippen molar-refractivity contribution in [3.05, 3.63) is 34.4 Å². The molecule has 1 aromatic rings. The average Bonchev–Trinajstić information content (AvgIpc) is 2.11. The molecule has 2 heteroatoms. The van der Waals surface area contributed by atoms with Gasteiger partial charge in [0.15, 0.2) is 0 Å². The molecular weight excluding hydrogens is 222 g/mol. The number of hydrogen-bond donors (Lipinski definition) is 2. The molecule has 0 aliphatic carbocycles. The summed E-state index contributed by atoms with van der Waals surface area (Å²) in [5.41, 5.74) is 3.78. The van der Waals surface area contributed by atoms with Crippen LogP contribution in [0, 0.1) is 20.8 Å². The van der Waals surface area contributed by atoms with Crippen molar-refractivity contribution in [2.75, 3.05) is 6.54 Å². The molecule has 0 aromatic heterocycles. The minimum absolute atomic E-state index is 0.0104. The molecule has 0 spiro atoms. The third kappa shape index (κ3) is 3.82. The van der Waals surface area contributed by atoms with E-state index in [2.05, 4.69) is 59.0 Å². The molecule has 0 fully saturated rings. The summed E-state index contributed by atoms with van der Waals surface area (Å²) in [4.78, 5) is 0. The summed E-state index contributed by atoms with van der Waals surface area (Å²) in [5, 5.41) is 14.1. The second-order valence-corrected chi connectivity index (χ2v) is 6.65. The number of hydrogen-bond acceptors (Lipinski definition) is 2. The fourth-order valence-electron chi connectivity index (χ4n) is 2.56. The first-order valence-corrected chi connectivity index (χ1v) is 6.59. The number of aryl methyl sites for hydroxylation is 3. The molecule has 2 N–H and O–H groups in total. The number of benzene rings is 1. The van der Waals surface area contributed by atoms with Gasteiger partial charge in [-0.25, -0.2) is 0 Å². The third-order valence-corrected chi connectivity index (χ3v) is 3.18. The Morgan fingerprint density at radius 3 is 1.83 bits per heavy atom. The maximum atomic E-state index is 10.7. The highest BCUT2D eigenvalue weighted by atomic mass is 16.3.